The van der Waals surface area contributed by atoms with Crippen LogP contribution in [-0.4, -0.2) is 49.4 Å². The van der Waals surface area contributed by atoms with Crippen LogP contribution in [0.5, 0.6) is 11.5 Å². The lowest BCUT2D eigenvalue weighted by Gasteiger charge is -2.26. The van der Waals surface area contributed by atoms with Crippen LogP contribution in [0.1, 0.15) is 37.8 Å². The van der Waals surface area contributed by atoms with Crippen LogP contribution in [0.25, 0.3) is 0 Å². The fraction of sp³-hybridized carbons (Fsp3) is 0.400. The summed E-state index contributed by atoms with van der Waals surface area (Å²) in [6, 6.07) is 12.3. The molecular weight excluding hydrogens is 408 g/mol. The van der Waals surface area contributed by atoms with Gasteiger partial charge in [-0.15, -0.1) is 0 Å². The Kier molecular flexibility index (Phi) is 7.51. The van der Waals surface area contributed by atoms with Crippen molar-refractivity contribution in [3.05, 3.63) is 53.6 Å². The lowest BCUT2D eigenvalue weighted by molar-refractivity contribution is -0.136. The van der Waals surface area contributed by atoms with Crippen molar-refractivity contribution in [1.29, 1.82) is 0 Å². The van der Waals surface area contributed by atoms with Gasteiger partial charge in [-0.3, -0.25) is 14.4 Å². The van der Waals surface area contributed by atoms with Crippen molar-refractivity contribution in [1.82, 2.24) is 4.90 Å². The molecular formula is C25H30N2O5. The Bertz CT molecular complexity index is 986. The number of anilines is 1. The Morgan fingerprint density at radius 2 is 1.69 bits per heavy atom. The molecule has 0 unspecified atom stereocenters. The number of carbonyl (C=O) groups excluding carboxylic acids is 3. The zero-order chi connectivity index (χ0) is 23.3. The molecule has 1 heterocycles. The van der Waals surface area contributed by atoms with Gasteiger partial charge in [0.15, 0.2) is 11.5 Å². The molecule has 1 atom stereocenters. The SMILES string of the molecule is CCc1ccc(N2C(=O)C[C@@H](N(CCCc3ccc(OC)c(OC)c3)C(C)=O)C2=O)cc1. The minimum atomic E-state index is -0.767. The molecule has 0 spiro atoms. The first-order valence-corrected chi connectivity index (χ1v) is 10.8. The number of carbonyl (C=O) groups is 3. The Morgan fingerprint density at radius 1 is 1.03 bits per heavy atom. The first-order valence-electron chi connectivity index (χ1n) is 10.8. The van der Waals surface area contributed by atoms with Crippen LogP contribution < -0.4 is 14.4 Å². The summed E-state index contributed by atoms with van der Waals surface area (Å²) in [5.41, 5.74) is 2.72. The van der Waals surface area contributed by atoms with E-state index in [0.29, 0.717) is 36.6 Å². The molecule has 1 aliphatic rings. The van der Waals surface area contributed by atoms with Gasteiger partial charge in [0.25, 0.3) is 5.91 Å². The van der Waals surface area contributed by atoms with Gasteiger partial charge < -0.3 is 14.4 Å². The molecule has 2 aromatic rings. The minimum absolute atomic E-state index is 0.00427. The van der Waals surface area contributed by atoms with Gasteiger partial charge in [0, 0.05) is 13.5 Å². The highest BCUT2D eigenvalue weighted by molar-refractivity contribution is 6.23. The van der Waals surface area contributed by atoms with E-state index < -0.39 is 6.04 Å². The van der Waals surface area contributed by atoms with E-state index in [0.717, 1.165) is 17.5 Å². The molecule has 0 aliphatic carbocycles. The van der Waals surface area contributed by atoms with Crippen molar-refractivity contribution in [3.63, 3.8) is 0 Å². The summed E-state index contributed by atoms with van der Waals surface area (Å²) in [5, 5.41) is 0. The van der Waals surface area contributed by atoms with E-state index in [9.17, 15) is 14.4 Å². The van der Waals surface area contributed by atoms with E-state index in [4.69, 9.17) is 9.47 Å². The maximum absolute atomic E-state index is 13.1. The minimum Gasteiger partial charge on any atom is -0.493 e. The number of benzene rings is 2. The second-order valence-corrected chi connectivity index (χ2v) is 7.81. The number of methoxy groups -OCH3 is 2. The maximum atomic E-state index is 13.1. The van der Waals surface area contributed by atoms with Gasteiger partial charge in [0.05, 0.1) is 26.3 Å². The van der Waals surface area contributed by atoms with Crippen LogP contribution in [0.2, 0.25) is 0 Å². The smallest absolute Gasteiger partial charge is 0.257 e. The van der Waals surface area contributed by atoms with E-state index in [1.165, 1.54) is 16.7 Å². The van der Waals surface area contributed by atoms with Crippen molar-refractivity contribution in [2.75, 3.05) is 25.7 Å². The second kappa shape index (κ2) is 10.3. The van der Waals surface area contributed by atoms with Gasteiger partial charge in [0.1, 0.15) is 6.04 Å². The Hall–Kier alpha value is -3.35. The molecule has 3 amide bonds. The lowest BCUT2D eigenvalue weighted by atomic mass is 10.1. The zero-order valence-electron chi connectivity index (χ0n) is 19.1. The first-order chi connectivity index (χ1) is 15.4. The molecule has 0 aromatic heterocycles. The number of hydrogen-bond acceptors (Lipinski definition) is 5. The quantitative estimate of drug-likeness (QED) is 0.561. The van der Waals surface area contributed by atoms with Crippen LogP contribution in [-0.2, 0) is 27.2 Å². The van der Waals surface area contributed by atoms with Crippen LogP contribution in [0, 0.1) is 0 Å². The average Bonchev–Trinajstić information content (AvgIpc) is 3.09. The molecule has 1 fully saturated rings. The third-order valence-corrected chi connectivity index (χ3v) is 5.82. The number of ether oxygens (including phenoxy) is 2. The predicted molar refractivity (Wildman–Crippen MR) is 122 cm³/mol. The summed E-state index contributed by atoms with van der Waals surface area (Å²) in [5.74, 6) is 0.459. The standard InChI is InChI=1S/C25H30N2O5/c1-5-18-8-11-20(12-9-18)27-24(29)16-21(25(27)30)26(17(2)28)14-6-7-19-10-13-22(31-3)23(15-19)32-4/h8-13,15,21H,5-7,14,16H2,1-4H3/t21-/m1/s1. The van der Waals surface area contributed by atoms with Crippen LogP contribution in [0.15, 0.2) is 42.5 Å². The molecule has 0 N–H and O–H groups in total. The fourth-order valence-electron chi connectivity index (χ4n) is 4.03. The topological polar surface area (TPSA) is 76.2 Å². The van der Waals surface area contributed by atoms with Crippen molar-refractivity contribution in [3.8, 4) is 11.5 Å². The monoisotopic (exact) mass is 438 g/mol. The highest BCUT2D eigenvalue weighted by Crippen LogP contribution is 2.29. The molecule has 170 valence electrons. The van der Waals surface area contributed by atoms with Crippen molar-refractivity contribution < 1.29 is 23.9 Å². The number of amides is 3. The van der Waals surface area contributed by atoms with E-state index >= 15 is 0 Å². The van der Waals surface area contributed by atoms with Gasteiger partial charge in [-0.05, 0) is 54.7 Å². The highest BCUT2D eigenvalue weighted by atomic mass is 16.5. The number of nitrogens with zero attached hydrogens (tertiary/aromatic N) is 2. The van der Waals surface area contributed by atoms with Crippen LogP contribution in [0.3, 0.4) is 0 Å². The van der Waals surface area contributed by atoms with Crippen molar-refractivity contribution >= 4 is 23.4 Å². The molecule has 0 saturated carbocycles. The molecule has 7 heteroatoms. The molecule has 3 rings (SSSR count). The summed E-state index contributed by atoms with van der Waals surface area (Å²) >= 11 is 0. The average molecular weight is 439 g/mol. The molecule has 7 nitrogen and oxygen atoms in total. The summed E-state index contributed by atoms with van der Waals surface area (Å²) in [7, 11) is 3.17. The van der Waals surface area contributed by atoms with E-state index in [2.05, 4.69) is 0 Å². The number of rotatable bonds is 9. The van der Waals surface area contributed by atoms with Crippen molar-refractivity contribution in [2.45, 2.75) is 45.6 Å². The summed E-state index contributed by atoms with van der Waals surface area (Å²) in [6.45, 7) is 3.87. The van der Waals surface area contributed by atoms with Crippen LogP contribution >= 0.6 is 0 Å². The number of aryl methyl sites for hydroxylation is 2. The Labute approximate surface area is 188 Å². The molecule has 2 aromatic carbocycles. The maximum Gasteiger partial charge on any atom is 0.257 e. The fourth-order valence-corrected chi connectivity index (χ4v) is 4.03. The summed E-state index contributed by atoms with van der Waals surface area (Å²) in [6.07, 6.45) is 2.23. The van der Waals surface area contributed by atoms with Crippen molar-refractivity contribution in [2.24, 2.45) is 0 Å². The molecule has 32 heavy (non-hydrogen) atoms. The lowest BCUT2D eigenvalue weighted by Crippen LogP contribution is -2.45. The summed E-state index contributed by atoms with van der Waals surface area (Å²) < 4.78 is 10.6. The summed E-state index contributed by atoms with van der Waals surface area (Å²) in [4.78, 5) is 40.8. The van der Waals surface area contributed by atoms with Crippen LogP contribution in [0.4, 0.5) is 5.69 Å². The first kappa shape index (κ1) is 23.3. The van der Waals surface area contributed by atoms with E-state index in [1.807, 2.05) is 37.3 Å². The zero-order valence-corrected chi connectivity index (χ0v) is 19.1. The largest absolute Gasteiger partial charge is 0.493 e. The Morgan fingerprint density at radius 3 is 2.28 bits per heavy atom. The van der Waals surface area contributed by atoms with Gasteiger partial charge in [-0.1, -0.05) is 25.1 Å². The third-order valence-electron chi connectivity index (χ3n) is 5.82. The van der Waals surface area contributed by atoms with Gasteiger partial charge in [-0.2, -0.15) is 0 Å². The number of hydrogen-bond donors (Lipinski definition) is 0. The molecule has 1 saturated heterocycles. The molecule has 1 aliphatic heterocycles. The van der Waals surface area contributed by atoms with Gasteiger partial charge >= 0.3 is 0 Å². The van der Waals surface area contributed by atoms with Gasteiger partial charge in [-0.25, -0.2) is 4.90 Å². The highest BCUT2D eigenvalue weighted by Gasteiger charge is 2.43. The third kappa shape index (κ3) is 4.93. The second-order valence-electron chi connectivity index (χ2n) is 7.81. The normalized spacial score (nSPS) is 15.8. The Balaban J connectivity index is 1.68. The molecule has 0 radical (unpaired) electrons. The van der Waals surface area contributed by atoms with Gasteiger partial charge in [0.2, 0.25) is 11.8 Å². The molecule has 0 bridgehead atoms. The predicted octanol–water partition coefficient (Wildman–Crippen LogP) is 3.38. The van der Waals surface area contributed by atoms with E-state index in [1.54, 1.807) is 26.4 Å². The van der Waals surface area contributed by atoms with E-state index in [-0.39, 0.29) is 24.1 Å². The number of imide groups is 1.